The van der Waals surface area contributed by atoms with E-state index in [0.717, 1.165) is 18.6 Å². The second kappa shape index (κ2) is 4.70. The topological polar surface area (TPSA) is 9.23 Å². The van der Waals surface area contributed by atoms with E-state index in [1.165, 1.54) is 11.1 Å². The maximum absolute atomic E-state index is 5.29. The third kappa shape index (κ3) is 2.11. The van der Waals surface area contributed by atoms with Crippen molar-refractivity contribution in [1.29, 1.82) is 0 Å². The predicted molar refractivity (Wildman–Crippen MR) is 57.1 cm³/mol. The molecule has 0 aromatic heterocycles. The average Bonchev–Trinajstić information content (AvgIpc) is 2.18. The van der Waals surface area contributed by atoms with Gasteiger partial charge in [-0.3, -0.25) is 0 Å². The largest absolute Gasteiger partial charge is 0.496 e. The summed E-state index contributed by atoms with van der Waals surface area (Å²) in [5.41, 5.74) is 2.45. The van der Waals surface area contributed by atoms with Gasteiger partial charge in [0.1, 0.15) is 5.75 Å². The molecule has 0 unspecified atom stereocenters. The molecule has 1 nitrogen and oxygen atoms in total. The maximum Gasteiger partial charge on any atom is 0.122 e. The van der Waals surface area contributed by atoms with Crippen LogP contribution < -0.4 is 4.74 Å². The number of hydrogen-bond donors (Lipinski definition) is 0. The summed E-state index contributed by atoms with van der Waals surface area (Å²) in [6.45, 7) is 5.96. The van der Waals surface area contributed by atoms with Crippen molar-refractivity contribution >= 4 is 6.08 Å². The first-order valence-corrected chi connectivity index (χ1v) is 4.61. The second-order valence-electron chi connectivity index (χ2n) is 2.98. The SMILES string of the molecule is C=Cc1cccc(OC)c1CCC. The summed E-state index contributed by atoms with van der Waals surface area (Å²) >= 11 is 0. The first-order chi connectivity index (χ1) is 6.33. The van der Waals surface area contributed by atoms with E-state index < -0.39 is 0 Å². The summed E-state index contributed by atoms with van der Waals surface area (Å²) in [6, 6.07) is 6.06. The molecular weight excluding hydrogens is 160 g/mol. The van der Waals surface area contributed by atoms with E-state index >= 15 is 0 Å². The Hall–Kier alpha value is -1.24. The Morgan fingerprint density at radius 2 is 2.23 bits per heavy atom. The van der Waals surface area contributed by atoms with E-state index in [4.69, 9.17) is 4.74 Å². The van der Waals surface area contributed by atoms with Gasteiger partial charge >= 0.3 is 0 Å². The van der Waals surface area contributed by atoms with Crippen LogP contribution in [0.4, 0.5) is 0 Å². The third-order valence-corrected chi connectivity index (χ3v) is 2.11. The van der Waals surface area contributed by atoms with Crippen LogP contribution in [0.25, 0.3) is 6.08 Å². The van der Waals surface area contributed by atoms with Gasteiger partial charge in [0.05, 0.1) is 7.11 Å². The lowest BCUT2D eigenvalue weighted by Gasteiger charge is -2.10. The molecule has 0 saturated carbocycles. The number of methoxy groups -OCH3 is 1. The molecule has 1 heteroatoms. The van der Waals surface area contributed by atoms with E-state index in [1.54, 1.807) is 7.11 Å². The lowest BCUT2D eigenvalue weighted by atomic mass is 10.0. The molecule has 0 aliphatic heterocycles. The summed E-state index contributed by atoms with van der Waals surface area (Å²) in [7, 11) is 1.71. The Balaban J connectivity index is 3.12. The highest BCUT2D eigenvalue weighted by atomic mass is 16.5. The molecule has 0 radical (unpaired) electrons. The van der Waals surface area contributed by atoms with Gasteiger partial charge in [-0.1, -0.05) is 38.1 Å². The summed E-state index contributed by atoms with van der Waals surface area (Å²) in [5, 5.41) is 0. The number of benzene rings is 1. The van der Waals surface area contributed by atoms with E-state index in [-0.39, 0.29) is 0 Å². The molecule has 0 saturated heterocycles. The minimum Gasteiger partial charge on any atom is -0.496 e. The van der Waals surface area contributed by atoms with Crippen LogP contribution in [-0.4, -0.2) is 7.11 Å². The average molecular weight is 176 g/mol. The number of hydrogen-bond acceptors (Lipinski definition) is 1. The number of rotatable bonds is 4. The molecule has 1 aromatic rings. The molecule has 1 aromatic carbocycles. The van der Waals surface area contributed by atoms with Gasteiger partial charge in [-0.2, -0.15) is 0 Å². The zero-order valence-electron chi connectivity index (χ0n) is 8.34. The van der Waals surface area contributed by atoms with Crippen LogP contribution in [0.1, 0.15) is 24.5 Å². The maximum atomic E-state index is 5.29. The Kier molecular flexibility index (Phi) is 3.56. The van der Waals surface area contributed by atoms with Gasteiger partial charge in [-0.05, 0) is 18.1 Å². The normalized spacial score (nSPS) is 9.69. The summed E-state index contributed by atoms with van der Waals surface area (Å²) in [6.07, 6.45) is 4.06. The van der Waals surface area contributed by atoms with Crippen LogP contribution in [0.15, 0.2) is 24.8 Å². The standard InChI is InChI=1S/C12H16O/c1-4-7-11-10(5-2)8-6-9-12(11)13-3/h5-6,8-9H,2,4,7H2,1,3H3. The molecule has 0 amide bonds. The van der Waals surface area contributed by atoms with Crippen LogP contribution in [-0.2, 0) is 6.42 Å². The molecule has 0 N–H and O–H groups in total. The van der Waals surface area contributed by atoms with Gasteiger partial charge < -0.3 is 4.74 Å². The van der Waals surface area contributed by atoms with E-state index in [9.17, 15) is 0 Å². The molecule has 0 bridgehead atoms. The van der Waals surface area contributed by atoms with Gasteiger partial charge in [-0.15, -0.1) is 0 Å². The smallest absolute Gasteiger partial charge is 0.122 e. The van der Waals surface area contributed by atoms with Gasteiger partial charge in [0.15, 0.2) is 0 Å². The quantitative estimate of drug-likeness (QED) is 0.684. The van der Waals surface area contributed by atoms with Gasteiger partial charge in [0.2, 0.25) is 0 Å². The van der Waals surface area contributed by atoms with Gasteiger partial charge in [-0.25, -0.2) is 0 Å². The van der Waals surface area contributed by atoms with E-state index in [2.05, 4.69) is 19.6 Å². The van der Waals surface area contributed by atoms with Crippen molar-refractivity contribution in [2.45, 2.75) is 19.8 Å². The molecule has 0 atom stereocenters. The Morgan fingerprint density at radius 3 is 2.77 bits per heavy atom. The van der Waals surface area contributed by atoms with Gasteiger partial charge in [0.25, 0.3) is 0 Å². The zero-order chi connectivity index (χ0) is 9.68. The van der Waals surface area contributed by atoms with Crippen LogP contribution in [0.5, 0.6) is 5.75 Å². The Morgan fingerprint density at radius 1 is 1.46 bits per heavy atom. The molecule has 0 spiro atoms. The molecule has 0 heterocycles. The predicted octanol–water partition coefficient (Wildman–Crippen LogP) is 3.29. The first kappa shape index (κ1) is 9.85. The summed E-state index contributed by atoms with van der Waals surface area (Å²) in [4.78, 5) is 0. The molecule has 0 aliphatic rings. The minimum absolute atomic E-state index is 0.972. The third-order valence-electron chi connectivity index (χ3n) is 2.11. The molecule has 70 valence electrons. The van der Waals surface area contributed by atoms with Crippen molar-refractivity contribution in [3.05, 3.63) is 35.9 Å². The fraction of sp³-hybridized carbons (Fsp3) is 0.333. The second-order valence-corrected chi connectivity index (χ2v) is 2.98. The van der Waals surface area contributed by atoms with E-state index in [1.807, 2.05) is 18.2 Å². The zero-order valence-corrected chi connectivity index (χ0v) is 8.34. The highest BCUT2D eigenvalue weighted by Gasteiger charge is 2.04. The van der Waals surface area contributed by atoms with E-state index in [0.29, 0.717) is 0 Å². The van der Waals surface area contributed by atoms with Crippen molar-refractivity contribution < 1.29 is 4.74 Å². The fourth-order valence-electron chi connectivity index (χ4n) is 1.48. The fourth-order valence-corrected chi connectivity index (χ4v) is 1.48. The monoisotopic (exact) mass is 176 g/mol. The lowest BCUT2D eigenvalue weighted by Crippen LogP contribution is -1.94. The highest BCUT2D eigenvalue weighted by molar-refractivity contribution is 5.56. The number of ether oxygens (including phenoxy) is 1. The summed E-state index contributed by atoms with van der Waals surface area (Å²) in [5.74, 6) is 0.972. The molecule has 13 heavy (non-hydrogen) atoms. The molecular formula is C12H16O. The molecule has 0 aliphatic carbocycles. The van der Waals surface area contributed by atoms with Crippen molar-refractivity contribution in [1.82, 2.24) is 0 Å². The van der Waals surface area contributed by atoms with Crippen LogP contribution in [0, 0.1) is 0 Å². The van der Waals surface area contributed by atoms with Gasteiger partial charge in [0, 0.05) is 5.56 Å². The Bertz CT molecular complexity index is 289. The van der Waals surface area contributed by atoms with Crippen molar-refractivity contribution in [2.24, 2.45) is 0 Å². The van der Waals surface area contributed by atoms with Crippen molar-refractivity contribution in [3.8, 4) is 5.75 Å². The van der Waals surface area contributed by atoms with Crippen LogP contribution in [0.3, 0.4) is 0 Å². The van der Waals surface area contributed by atoms with Crippen molar-refractivity contribution in [3.63, 3.8) is 0 Å². The van der Waals surface area contributed by atoms with Crippen LogP contribution >= 0.6 is 0 Å². The molecule has 0 fully saturated rings. The van der Waals surface area contributed by atoms with Crippen LogP contribution in [0.2, 0.25) is 0 Å². The lowest BCUT2D eigenvalue weighted by molar-refractivity contribution is 0.409. The Labute approximate surface area is 80.0 Å². The minimum atomic E-state index is 0.972. The molecule has 1 rings (SSSR count). The summed E-state index contributed by atoms with van der Waals surface area (Å²) < 4.78 is 5.29. The first-order valence-electron chi connectivity index (χ1n) is 4.61. The van der Waals surface area contributed by atoms with Crippen molar-refractivity contribution in [2.75, 3.05) is 7.11 Å². The highest BCUT2D eigenvalue weighted by Crippen LogP contribution is 2.24.